The fraction of sp³-hybridized carbons (Fsp3) is 0.615. The summed E-state index contributed by atoms with van der Waals surface area (Å²) in [5.41, 5.74) is 1.41. The molecule has 1 aliphatic heterocycles. The fourth-order valence-corrected chi connectivity index (χ4v) is 3.53. The van der Waals surface area contributed by atoms with E-state index in [9.17, 15) is 0 Å². The summed E-state index contributed by atoms with van der Waals surface area (Å²) in [6, 6.07) is 2.66. The van der Waals surface area contributed by atoms with Gasteiger partial charge in [0.1, 0.15) is 0 Å². The van der Waals surface area contributed by atoms with E-state index >= 15 is 0 Å². The molecule has 1 atom stereocenters. The Morgan fingerprint density at radius 1 is 1.38 bits per heavy atom. The number of likely N-dealkylation sites (tertiary alicyclic amines) is 1. The van der Waals surface area contributed by atoms with Gasteiger partial charge in [0, 0.05) is 22.7 Å². The molecular weight excluding hydrogens is 216 g/mol. The van der Waals surface area contributed by atoms with Crippen molar-refractivity contribution in [2.45, 2.75) is 46.1 Å². The zero-order valence-electron chi connectivity index (χ0n) is 10.3. The molecule has 1 aliphatic rings. The molecule has 2 nitrogen and oxygen atoms in total. The Kier molecular flexibility index (Phi) is 3.33. The van der Waals surface area contributed by atoms with E-state index in [0.29, 0.717) is 6.04 Å². The summed E-state index contributed by atoms with van der Waals surface area (Å²) in [5.74, 6) is 0.821. The van der Waals surface area contributed by atoms with Crippen LogP contribution in [-0.4, -0.2) is 17.3 Å². The van der Waals surface area contributed by atoms with Gasteiger partial charge in [0.15, 0.2) is 0 Å². The largest absolute Gasteiger partial charge is 0.354 e. The summed E-state index contributed by atoms with van der Waals surface area (Å²) in [7, 11) is 0. The van der Waals surface area contributed by atoms with Crippen LogP contribution in [-0.2, 0) is 0 Å². The average molecular weight is 236 g/mol. The zero-order valence-corrected chi connectivity index (χ0v) is 11.2. The number of nitrogens with zero attached hydrogens (tertiary/aromatic N) is 1. The van der Waals surface area contributed by atoms with E-state index in [1.807, 2.05) is 11.3 Å². The lowest BCUT2D eigenvalue weighted by Gasteiger charge is -2.35. The third-order valence-corrected chi connectivity index (χ3v) is 4.39. The van der Waals surface area contributed by atoms with Crippen LogP contribution in [0.3, 0.4) is 0 Å². The molecule has 3 heteroatoms. The molecule has 2 rings (SSSR count). The Morgan fingerprint density at radius 2 is 2.12 bits per heavy atom. The van der Waals surface area contributed by atoms with E-state index in [-0.39, 0.29) is 0 Å². The number of hydrogen-bond donors (Lipinski definition) is 1. The molecule has 1 saturated heterocycles. The van der Waals surface area contributed by atoms with Crippen molar-refractivity contribution in [2.24, 2.45) is 0 Å². The molecule has 0 aromatic carbocycles. The smallest absolute Gasteiger partial charge is 0.0962 e. The molecule has 0 aliphatic carbocycles. The molecule has 1 aromatic rings. The molecule has 0 bridgehead atoms. The SMILES string of the molecule is Cc1cc(C(C)N2CCCCC2=N)c(C)s1. The first-order valence-corrected chi connectivity index (χ1v) is 6.82. The lowest BCUT2D eigenvalue weighted by atomic mass is 10.0. The van der Waals surface area contributed by atoms with Crippen molar-refractivity contribution < 1.29 is 0 Å². The second-order valence-electron chi connectivity index (χ2n) is 4.64. The fourth-order valence-electron chi connectivity index (χ4n) is 2.51. The van der Waals surface area contributed by atoms with Crippen LogP contribution in [0.5, 0.6) is 0 Å². The summed E-state index contributed by atoms with van der Waals surface area (Å²) in [6.07, 6.45) is 3.37. The molecule has 16 heavy (non-hydrogen) atoms. The van der Waals surface area contributed by atoms with Crippen molar-refractivity contribution in [1.82, 2.24) is 4.90 Å². The predicted octanol–water partition coefficient (Wildman–Crippen LogP) is 3.89. The molecule has 1 N–H and O–H groups in total. The minimum absolute atomic E-state index is 0.373. The topological polar surface area (TPSA) is 27.1 Å². The maximum Gasteiger partial charge on any atom is 0.0962 e. The minimum atomic E-state index is 0.373. The quantitative estimate of drug-likeness (QED) is 0.828. The molecule has 1 unspecified atom stereocenters. The van der Waals surface area contributed by atoms with E-state index in [2.05, 4.69) is 31.7 Å². The van der Waals surface area contributed by atoms with E-state index in [1.54, 1.807) is 0 Å². The molecule has 1 aromatic heterocycles. The van der Waals surface area contributed by atoms with Gasteiger partial charge in [0.2, 0.25) is 0 Å². The standard InChI is InChI=1S/C13H20N2S/c1-9-8-12(11(3)16-9)10(2)15-7-5-4-6-13(15)14/h8,10,14H,4-7H2,1-3H3. The minimum Gasteiger partial charge on any atom is -0.354 e. The molecule has 1 fully saturated rings. The van der Waals surface area contributed by atoms with Crippen molar-refractivity contribution in [3.8, 4) is 0 Å². The second-order valence-corrected chi connectivity index (χ2v) is 6.10. The lowest BCUT2D eigenvalue weighted by Crippen LogP contribution is -2.36. The Bertz CT molecular complexity index is 395. The van der Waals surface area contributed by atoms with Gasteiger partial charge in [0.05, 0.1) is 11.9 Å². The normalized spacial score (nSPS) is 18.9. The highest BCUT2D eigenvalue weighted by Gasteiger charge is 2.23. The van der Waals surface area contributed by atoms with Crippen molar-refractivity contribution in [3.05, 3.63) is 21.4 Å². The van der Waals surface area contributed by atoms with Gasteiger partial charge in [-0.15, -0.1) is 11.3 Å². The van der Waals surface area contributed by atoms with Crippen molar-refractivity contribution >= 4 is 17.2 Å². The van der Waals surface area contributed by atoms with E-state index in [4.69, 9.17) is 5.41 Å². The Morgan fingerprint density at radius 3 is 2.69 bits per heavy atom. The van der Waals surface area contributed by atoms with Gasteiger partial charge >= 0.3 is 0 Å². The summed E-state index contributed by atoms with van der Waals surface area (Å²) >= 11 is 1.87. The van der Waals surface area contributed by atoms with Gasteiger partial charge in [-0.2, -0.15) is 0 Å². The lowest BCUT2D eigenvalue weighted by molar-refractivity contribution is 0.299. The molecule has 0 spiro atoms. The average Bonchev–Trinajstić information content (AvgIpc) is 2.58. The highest BCUT2D eigenvalue weighted by atomic mass is 32.1. The van der Waals surface area contributed by atoms with Gasteiger partial charge in [-0.25, -0.2) is 0 Å². The number of piperidine rings is 1. The molecular formula is C13H20N2S. The molecule has 0 amide bonds. The summed E-state index contributed by atoms with van der Waals surface area (Å²) in [6.45, 7) is 7.63. The van der Waals surface area contributed by atoms with E-state index in [1.165, 1.54) is 28.2 Å². The predicted molar refractivity (Wildman–Crippen MR) is 70.5 cm³/mol. The third kappa shape index (κ3) is 2.14. The number of aryl methyl sites for hydroxylation is 2. The molecule has 2 heterocycles. The first-order valence-electron chi connectivity index (χ1n) is 6.00. The van der Waals surface area contributed by atoms with Crippen LogP contribution in [0.25, 0.3) is 0 Å². The number of nitrogens with one attached hydrogen (secondary N) is 1. The van der Waals surface area contributed by atoms with Crippen LogP contribution in [0.15, 0.2) is 6.07 Å². The van der Waals surface area contributed by atoms with Gasteiger partial charge < -0.3 is 4.90 Å². The first-order chi connectivity index (χ1) is 7.59. The van der Waals surface area contributed by atoms with Crippen LogP contribution in [0, 0.1) is 19.3 Å². The van der Waals surface area contributed by atoms with Crippen LogP contribution in [0.1, 0.15) is 47.5 Å². The molecule has 0 saturated carbocycles. The molecule has 0 radical (unpaired) electrons. The Labute approximate surface area is 102 Å². The van der Waals surface area contributed by atoms with Gasteiger partial charge in [-0.05, 0) is 45.2 Å². The van der Waals surface area contributed by atoms with Crippen molar-refractivity contribution in [1.29, 1.82) is 5.41 Å². The summed E-state index contributed by atoms with van der Waals surface area (Å²) in [4.78, 5) is 5.05. The van der Waals surface area contributed by atoms with E-state index in [0.717, 1.165) is 18.8 Å². The van der Waals surface area contributed by atoms with Crippen molar-refractivity contribution in [2.75, 3.05) is 6.54 Å². The Hall–Kier alpha value is -0.830. The maximum atomic E-state index is 8.03. The number of hydrogen-bond acceptors (Lipinski definition) is 2. The Balaban J connectivity index is 2.20. The van der Waals surface area contributed by atoms with Gasteiger partial charge in [-0.3, -0.25) is 5.41 Å². The second kappa shape index (κ2) is 4.58. The van der Waals surface area contributed by atoms with Gasteiger partial charge in [0.25, 0.3) is 0 Å². The highest BCUT2D eigenvalue weighted by Crippen LogP contribution is 2.31. The maximum absolute atomic E-state index is 8.03. The number of amidine groups is 1. The monoisotopic (exact) mass is 236 g/mol. The van der Waals surface area contributed by atoms with Crippen LogP contribution >= 0.6 is 11.3 Å². The van der Waals surface area contributed by atoms with Crippen molar-refractivity contribution in [3.63, 3.8) is 0 Å². The van der Waals surface area contributed by atoms with Crippen LogP contribution in [0.4, 0.5) is 0 Å². The van der Waals surface area contributed by atoms with Crippen LogP contribution in [0.2, 0.25) is 0 Å². The van der Waals surface area contributed by atoms with Crippen LogP contribution < -0.4 is 0 Å². The number of rotatable bonds is 2. The zero-order chi connectivity index (χ0) is 11.7. The van der Waals surface area contributed by atoms with Gasteiger partial charge in [-0.1, -0.05) is 0 Å². The number of thiophene rings is 1. The molecule has 88 valence electrons. The third-order valence-electron chi connectivity index (χ3n) is 3.41. The first kappa shape index (κ1) is 11.6. The van der Waals surface area contributed by atoms with E-state index < -0.39 is 0 Å². The highest BCUT2D eigenvalue weighted by molar-refractivity contribution is 7.12. The summed E-state index contributed by atoms with van der Waals surface area (Å²) < 4.78 is 0. The summed E-state index contributed by atoms with van der Waals surface area (Å²) in [5, 5.41) is 8.03.